The summed E-state index contributed by atoms with van der Waals surface area (Å²) < 4.78 is 5.76. The van der Waals surface area contributed by atoms with Crippen LogP contribution in [0.25, 0.3) is 10.8 Å². The van der Waals surface area contributed by atoms with Crippen molar-refractivity contribution in [1.82, 2.24) is 4.90 Å². The molecule has 0 spiro atoms. The number of carbonyl (C=O) groups is 1. The molecule has 134 valence electrons. The predicted molar refractivity (Wildman–Crippen MR) is 98.4 cm³/mol. The van der Waals surface area contributed by atoms with Gasteiger partial charge in [0.2, 0.25) is 5.91 Å². The summed E-state index contributed by atoms with van der Waals surface area (Å²) in [6.45, 7) is 3.44. The monoisotopic (exact) mass is 342 g/mol. The molecule has 3 N–H and O–H groups in total. The highest BCUT2D eigenvalue weighted by Gasteiger charge is 2.29. The van der Waals surface area contributed by atoms with Gasteiger partial charge in [-0.25, -0.2) is 0 Å². The van der Waals surface area contributed by atoms with E-state index in [1.165, 1.54) is 0 Å². The standard InChI is InChI=1S/C20H26N2O3/c1-14-6-7-17(20(21)24)11-22(14)12-18(23)13-25-19-9-8-15-4-2-3-5-16(15)10-19/h2-5,8-10,14,17-18,23H,6-7,11-13H2,1H3,(H2,21,24). The summed E-state index contributed by atoms with van der Waals surface area (Å²) in [5.41, 5.74) is 5.43. The van der Waals surface area contributed by atoms with Crippen molar-refractivity contribution in [1.29, 1.82) is 0 Å². The van der Waals surface area contributed by atoms with E-state index >= 15 is 0 Å². The number of carbonyl (C=O) groups excluding carboxylic acids is 1. The Bertz CT molecular complexity index is 734. The Kier molecular flexibility index (Phi) is 5.56. The number of benzene rings is 2. The highest BCUT2D eigenvalue weighted by Crippen LogP contribution is 2.23. The highest BCUT2D eigenvalue weighted by molar-refractivity contribution is 5.83. The molecule has 1 heterocycles. The molecule has 1 aliphatic heterocycles. The average Bonchev–Trinajstić information content (AvgIpc) is 2.61. The molecule has 3 rings (SSSR count). The summed E-state index contributed by atoms with van der Waals surface area (Å²) in [4.78, 5) is 13.6. The van der Waals surface area contributed by atoms with Crippen LogP contribution in [0.2, 0.25) is 0 Å². The molecule has 3 unspecified atom stereocenters. The molecule has 1 aliphatic rings. The SMILES string of the molecule is CC1CCC(C(N)=O)CN1CC(O)COc1ccc2ccccc2c1. The van der Waals surface area contributed by atoms with Gasteiger partial charge in [-0.15, -0.1) is 0 Å². The number of nitrogens with two attached hydrogens (primary N) is 1. The van der Waals surface area contributed by atoms with E-state index in [0.717, 1.165) is 29.4 Å². The molecule has 0 aliphatic carbocycles. The minimum absolute atomic E-state index is 0.121. The van der Waals surface area contributed by atoms with Crippen LogP contribution in [0.4, 0.5) is 0 Å². The number of aliphatic hydroxyl groups is 1. The van der Waals surface area contributed by atoms with Gasteiger partial charge < -0.3 is 15.6 Å². The number of rotatable bonds is 6. The molecule has 1 saturated heterocycles. The molecule has 1 fully saturated rings. The van der Waals surface area contributed by atoms with E-state index < -0.39 is 6.10 Å². The lowest BCUT2D eigenvalue weighted by atomic mass is 9.93. The fourth-order valence-electron chi connectivity index (χ4n) is 3.44. The number of ether oxygens (including phenoxy) is 1. The molecule has 5 nitrogen and oxygen atoms in total. The van der Waals surface area contributed by atoms with Gasteiger partial charge in [-0.1, -0.05) is 30.3 Å². The normalized spacial score (nSPS) is 22.6. The molecule has 1 amide bonds. The summed E-state index contributed by atoms with van der Waals surface area (Å²) in [5, 5.41) is 12.6. The molecular weight excluding hydrogens is 316 g/mol. The highest BCUT2D eigenvalue weighted by atomic mass is 16.5. The Morgan fingerprint density at radius 3 is 2.80 bits per heavy atom. The summed E-state index contributed by atoms with van der Waals surface area (Å²) in [6.07, 6.45) is 1.14. The summed E-state index contributed by atoms with van der Waals surface area (Å²) in [7, 11) is 0. The lowest BCUT2D eigenvalue weighted by Gasteiger charge is -2.37. The van der Waals surface area contributed by atoms with Crippen LogP contribution in [0.1, 0.15) is 19.8 Å². The zero-order valence-electron chi connectivity index (χ0n) is 14.6. The first-order valence-electron chi connectivity index (χ1n) is 8.86. The fourth-order valence-corrected chi connectivity index (χ4v) is 3.44. The van der Waals surface area contributed by atoms with Gasteiger partial charge in [0.1, 0.15) is 18.5 Å². The number of fused-ring (bicyclic) bond motifs is 1. The van der Waals surface area contributed by atoms with Crippen molar-refractivity contribution in [2.45, 2.75) is 31.9 Å². The van der Waals surface area contributed by atoms with E-state index in [2.05, 4.69) is 17.9 Å². The quantitative estimate of drug-likeness (QED) is 0.843. The number of primary amides is 1. The van der Waals surface area contributed by atoms with Crippen molar-refractivity contribution in [3.05, 3.63) is 42.5 Å². The van der Waals surface area contributed by atoms with Crippen LogP contribution in [0.15, 0.2) is 42.5 Å². The van der Waals surface area contributed by atoms with Crippen molar-refractivity contribution in [3.8, 4) is 5.75 Å². The first-order valence-corrected chi connectivity index (χ1v) is 8.86. The number of aliphatic hydroxyl groups excluding tert-OH is 1. The third kappa shape index (κ3) is 4.50. The first-order chi connectivity index (χ1) is 12.0. The Morgan fingerprint density at radius 2 is 2.04 bits per heavy atom. The second-order valence-corrected chi connectivity index (χ2v) is 6.95. The fraction of sp³-hybridized carbons (Fsp3) is 0.450. The first kappa shape index (κ1) is 17.7. The second-order valence-electron chi connectivity index (χ2n) is 6.95. The number of β-amino-alcohol motifs (C(OH)–C–C–N with tert-alkyl or cyclic N) is 1. The van der Waals surface area contributed by atoms with Gasteiger partial charge >= 0.3 is 0 Å². The van der Waals surface area contributed by atoms with Crippen molar-refractivity contribution in [3.63, 3.8) is 0 Å². The van der Waals surface area contributed by atoms with Crippen LogP contribution in [-0.4, -0.2) is 47.8 Å². The van der Waals surface area contributed by atoms with Gasteiger partial charge in [0.05, 0.1) is 5.92 Å². The Hall–Kier alpha value is -2.11. The van der Waals surface area contributed by atoms with E-state index in [0.29, 0.717) is 19.1 Å². The molecule has 0 bridgehead atoms. The summed E-state index contributed by atoms with van der Waals surface area (Å²) in [6, 6.07) is 14.3. The van der Waals surface area contributed by atoms with Gasteiger partial charge in [-0.05, 0) is 42.7 Å². The Labute approximate surface area is 148 Å². The van der Waals surface area contributed by atoms with Crippen LogP contribution >= 0.6 is 0 Å². The molecule has 5 heteroatoms. The van der Waals surface area contributed by atoms with Gasteiger partial charge in [-0.2, -0.15) is 0 Å². The zero-order chi connectivity index (χ0) is 17.8. The van der Waals surface area contributed by atoms with Crippen molar-refractivity contribution >= 4 is 16.7 Å². The van der Waals surface area contributed by atoms with Gasteiger partial charge in [-0.3, -0.25) is 9.69 Å². The maximum Gasteiger partial charge on any atom is 0.221 e. The summed E-state index contributed by atoms with van der Waals surface area (Å²) >= 11 is 0. The molecule has 0 saturated carbocycles. The lowest BCUT2D eigenvalue weighted by molar-refractivity contribution is -0.124. The van der Waals surface area contributed by atoms with Gasteiger partial charge in [0.25, 0.3) is 0 Å². The number of hydrogen-bond donors (Lipinski definition) is 2. The topological polar surface area (TPSA) is 75.8 Å². The van der Waals surface area contributed by atoms with Gasteiger partial charge in [0.15, 0.2) is 0 Å². The third-order valence-electron chi connectivity index (χ3n) is 5.02. The molecule has 0 aromatic heterocycles. The molecule has 2 aromatic rings. The van der Waals surface area contributed by atoms with Crippen LogP contribution < -0.4 is 10.5 Å². The maximum atomic E-state index is 11.4. The number of nitrogens with zero attached hydrogens (tertiary/aromatic N) is 1. The van der Waals surface area contributed by atoms with E-state index in [4.69, 9.17) is 10.5 Å². The summed E-state index contributed by atoms with van der Waals surface area (Å²) in [5.74, 6) is 0.378. The second kappa shape index (κ2) is 7.85. The molecule has 3 atom stereocenters. The largest absolute Gasteiger partial charge is 0.491 e. The molecule has 25 heavy (non-hydrogen) atoms. The van der Waals surface area contributed by atoms with E-state index in [1.54, 1.807) is 0 Å². The number of likely N-dealkylation sites (tertiary alicyclic amines) is 1. The maximum absolute atomic E-state index is 11.4. The number of piperidine rings is 1. The zero-order valence-corrected chi connectivity index (χ0v) is 14.6. The van der Waals surface area contributed by atoms with E-state index in [9.17, 15) is 9.90 Å². The average molecular weight is 342 g/mol. The lowest BCUT2D eigenvalue weighted by Crippen LogP contribution is -2.49. The molecular formula is C20H26N2O3. The predicted octanol–water partition coefficient (Wildman–Crippen LogP) is 2.17. The minimum Gasteiger partial charge on any atom is -0.491 e. The van der Waals surface area contributed by atoms with E-state index in [-0.39, 0.29) is 18.4 Å². The Balaban J connectivity index is 1.54. The minimum atomic E-state index is -0.611. The van der Waals surface area contributed by atoms with Crippen molar-refractivity contribution < 1.29 is 14.6 Å². The van der Waals surface area contributed by atoms with Crippen LogP contribution in [0.3, 0.4) is 0 Å². The van der Waals surface area contributed by atoms with Crippen molar-refractivity contribution in [2.75, 3.05) is 19.7 Å². The van der Waals surface area contributed by atoms with Crippen LogP contribution in [0.5, 0.6) is 5.75 Å². The van der Waals surface area contributed by atoms with Gasteiger partial charge in [0, 0.05) is 19.1 Å². The molecule has 2 aromatic carbocycles. The van der Waals surface area contributed by atoms with Crippen molar-refractivity contribution in [2.24, 2.45) is 11.7 Å². The van der Waals surface area contributed by atoms with Crippen LogP contribution in [0, 0.1) is 5.92 Å². The molecule has 0 radical (unpaired) electrons. The third-order valence-corrected chi connectivity index (χ3v) is 5.02. The Morgan fingerprint density at radius 1 is 1.28 bits per heavy atom. The number of hydrogen-bond acceptors (Lipinski definition) is 4. The smallest absolute Gasteiger partial charge is 0.221 e. The van der Waals surface area contributed by atoms with Crippen LogP contribution in [-0.2, 0) is 4.79 Å². The van der Waals surface area contributed by atoms with E-state index in [1.807, 2.05) is 36.4 Å². The number of amides is 1.